The van der Waals surface area contributed by atoms with Gasteiger partial charge in [-0.25, -0.2) is 13.8 Å². The zero-order valence-electron chi connectivity index (χ0n) is 7.39. The van der Waals surface area contributed by atoms with Crippen molar-refractivity contribution in [2.24, 2.45) is 7.05 Å². The Kier molecular flexibility index (Phi) is 2.15. The minimum absolute atomic E-state index is 0.157. The molecule has 2 rings (SSSR count). The summed E-state index contributed by atoms with van der Waals surface area (Å²) in [5.41, 5.74) is 0.572. The smallest absolute Gasteiger partial charge is 0.153 e. The van der Waals surface area contributed by atoms with Crippen LogP contribution in [0.5, 0.6) is 0 Å². The molecule has 1 aromatic heterocycles. The average molecular weight is 217 g/mol. The van der Waals surface area contributed by atoms with E-state index in [1.807, 2.05) is 0 Å². The molecule has 14 heavy (non-hydrogen) atoms. The van der Waals surface area contributed by atoms with Crippen LogP contribution in [0.25, 0.3) is 11.0 Å². The van der Waals surface area contributed by atoms with Crippen molar-refractivity contribution in [3.63, 3.8) is 0 Å². The lowest BCUT2D eigenvalue weighted by atomic mass is 10.3. The molecule has 0 amide bonds. The molecule has 0 saturated heterocycles. The predicted octanol–water partition coefficient (Wildman–Crippen LogP) is 2.59. The van der Waals surface area contributed by atoms with Crippen molar-refractivity contribution in [3.8, 4) is 0 Å². The summed E-state index contributed by atoms with van der Waals surface area (Å²) >= 11 is 5.60. The highest BCUT2D eigenvalue weighted by atomic mass is 35.5. The van der Waals surface area contributed by atoms with E-state index in [2.05, 4.69) is 4.98 Å². The summed E-state index contributed by atoms with van der Waals surface area (Å²) in [6.45, 7) is 0. The van der Waals surface area contributed by atoms with Crippen molar-refractivity contribution >= 4 is 22.6 Å². The number of aryl methyl sites for hydroxylation is 1. The molecule has 0 unspecified atom stereocenters. The van der Waals surface area contributed by atoms with E-state index in [4.69, 9.17) is 11.6 Å². The number of aromatic nitrogens is 2. The second-order valence-electron chi connectivity index (χ2n) is 2.98. The summed E-state index contributed by atoms with van der Waals surface area (Å²) in [6, 6.07) is 2.05. The van der Waals surface area contributed by atoms with Crippen LogP contribution in [0.1, 0.15) is 5.82 Å². The predicted molar refractivity (Wildman–Crippen MR) is 50.2 cm³/mol. The Morgan fingerprint density at radius 3 is 2.79 bits per heavy atom. The molecule has 0 fully saturated rings. The maximum Gasteiger partial charge on any atom is 0.153 e. The summed E-state index contributed by atoms with van der Waals surface area (Å²) in [7, 11) is 1.67. The quantitative estimate of drug-likeness (QED) is 0.670. The molecule has 0 bridgehead atoms. The van der Waals surface area contributed by atoms with Crippen molar-refractivity contribution in [2.75, 3.05) is 0 Å². The van der Waals surface area contributed by atoms with Crippen molar-refractivity contribution < 1.29 is 8.78 Å². The van der Waals surface area contributed by atoms with Gasteiger partial charge in [-0.3, -0.25) is 0 Å². The Hall–Kier alpha value is -1.16. The van der Waals surface area contributed by atoms with Gasteiger partial charge < -0.3 is 4.57 Å². The van der Waals surface area contributed by atoms with Crippen LogP contribution in [0.2, 0.25) is 0 Å². The number of rotatable bonds is 1. The molecule has 0 aliphatic rings. The minimum Gasteiger partial charge on any atom is -0.330 e. The van der Waals surface area contributed by atoms with Crippen LogP contribution in [0, 0.1) is 11.6 Å². The van der Waals surface area contributed by atoms with Gasteiger partial charge in [-0.2, -0.15) is 0 Å². The van der Waals surface area contributed by atoms with Gasteiger partial charge in [0.05, 0.1) is 11.4 Å². The molecule has 5 heteroatoms. The molecular weight excluding hydrogens is 210 g/mol. The number of nitrogens with zero attached hydrogens (tertiary/aromatic N) is 2. The van der Waals surface area contributed by atoms with Crippen LogP contribution in [0.4, 0.5) is 8.78 Å². The van der Waals surface area contributed by atoms with E-state index in [-0.39, 0.29) is 11.4 Å². The zero-order chi connectivity index (χ0) is 10.3. The first-order valence-electron chi connectivity index (χ1n) is 4.00. The third kappa shape index (κ3) is 1.26. The topological polar surface area (TPSA) is 17.8 Å². The fraction of sp³-hybridized carbons (Fsp3) is 0.222. The Bertz CT molecular complexity index is 493. The van der Waals surface area contributed by atoms with Crippen molar-refractivity contribution in [3.05, 3.63) is 29.6 Å². The maximum atomic E-state index is 13.2. The molecule has 74 valence electrons. The van der Waals surface area contributed by atoms with E-state index >= 15 is 0 Å². The lowest BCUT2D eigenvalue weighted by Crippen LogP contribution is -1.93. The van der Waals surface area contributed by atoms with Gasteiger partial charge in [0, 0.05) is 13.1 Å². The number of hydrogen-bond acceptors (Lipinski definition) is 1. The average Bonchev–Trinajstić information content (AvgIpc) is 2.44. The van der Waals surface area contributed by atoms with Crippen molar-refractivity contribution in [1.29, 1.82) is 0 Å². The standard InChI is InChI=1S/C9H7ClF2N2/c1-14-7-3-5(11)2-6(12)9(7)13-8(14)4-10/h2-3H,4H2,1H3. The Morgan fingerprint density at radius 2 is 2.14 bits per heavy atom. The Morgan fingerprint density at radius 1 is 1.43 bits per heavy atom. The first-order chi connectivity index (χ1) is 6.63. The fourth-order valence-corrected chi connectivity index (χ4v) is 1.62. The Balaban J connectivity index is 2.85. The van der Waals surface area contributed by atoms with Gasteiger partial charge in [-0.1, -0.05) is 0 Å². The van der Waals surface area contributed by atoms with Crippen LogP contribution >= 0.6 is 11.6 Å². The van der Waals surface area contributed by atoms with Crippen molar-refractivity contribution in [1.82, 2.24) is 9.55 Å². The van der Waals surface area contributed by atoms with E-state index in [1.54, 1.807) is 11.6 Å². The van der Waals surface area contributed by atoms with Crippen LogP contribution in [-0.2, 0) is 12.9 Å². The van der Waals surface area contributed by atoms with Crippen LogP contribution in [-0.4, -0.2) is 9.55 Å². The van der Waals surface area contributed by atoms with Gasteiger partial charge in [0.15, 0.2) is 5.82 Å². The second-order valence-corrected chi connectivity index (χ2v) is 3.24. The van der Waals surface area contributed by atoms with Gasteiger partial charge in [-0.05, 0) is 6.07 Å². The fourth-order valence-electron chi connectivity index (χ4n) is 1.38. The lowest BCUT2D eigenvalue weighted by Gasteiger charge is -1.97. The molecule has 2 nitrogen and oxygen atoms in total. The summed E-state index contributed by atoms with van der Waals surface area (Å²) in [5, 5.41) is 0. The molecule has 0 aliphatic carbocycles. The Labute approximate surface area is 84.1 Å². The molecule has 0 aliphatic heterocycles. The normalized spacial score (nSPS) is 11.1. The zero-order valence-corrected chi connectivity index (χ0v) is 8.15. The summed E-state index contributed by atoms with van der Waals surface area (Å²) in [4.78, 5) is 3.96. The number of imidazole rings is 1. The van der Waals surface area contributed by atoms with Gasteiger partial charge in [0.2, 0.25) is 0 Å². The van der Waals surface area contributed by atoms with E-state index in [0.717, 1.165) is 6.07 Å². The largest absolute Gasteiger partial charge is 0.330 e. The summed E-state index contributed by atoms with van der Waals surface area (Å²) < 4.78 is 27.7. The molecule has 0 atom stereocenters. The third-order valence-corrected chi connectivity index (χ3v) is 2.36. The number of halogens is 3. The van der Waals surface area contributed by atoms with Crippen LogP contribution in [0.15, 0.2) is 12.1 Å². The van der Waals surface area contributed by atoms with E-state index in [9.17, 15) is 8.78 Å². The maximum absolute atomic E-state index is 13.2. The number of hydrogen-bond donors (Lipinski definition) is 0. The molecule has 1 heterocycles. The van der Waals surface area contributed by atoms with E-state index in [1.165, 1.54) is 6.07 Å². The monoisotopic (exact) mass is 216 g/mol. The van der Waals surface area contributed by atoms with E-state index in [0.29, 0.717) is 11.3 Å². The highest BCUT2D eigenvalue weighted by Gasteiger charge is 2.12. The molecule has 0 saturated carbocycles. The highest BCUT2D eigenvalue weighted by molar-refractivity contribution is 6.16. The van der Waals surface area contributed by atoms with Gasteiger partial charge in [0.1, 0.15) is 17.2 Å². The highest BCUT2D eigenvalue weighted by Crippen LogP contribution is 2.20. The van der Waals surface area contributed by atoms with Crippen LogP contribution in [0.3, 0.4) is 0 Å². The molecule has 0 spiro atoms. The van der Waals surface area contributed by atoms with Gasteiger partial charge >= 0.3 is 0 Å². The SMILES string of the molecule is Cn1c(CCl)nc2c(F)cc(F)cc21. The number of benzene rings is 1. The number of fused-ring (bicyclic) bond motifs is 1. The van der Waals surface area contributed by atoms with Crippen molar-refractivity contribution in [2.45, 2.75) is 5.88 Å². The molecule has 1 aromatic carbocycles. The second kappa shape index (κ2) is 3.20. The first kappa shape index (κ1) is 9.40. The van der Waals surface area contributed by atoms with Crippen LogP contribution < -0.4 is 0 Å². The van der Waals surface area contributed by atoms with Gasteiger partial charge in [0.25, 0.3) is 0 Å². The molecule has 2 aromatic rings. The van der Waals surface area contributed by atoms with Gasteiger partial charge in [-0.15, -0.1) is 11.6 Å². The molecular formula is C9H7ClF2N2. The first-order valence-corrected chi connectivity index (χ1v) is 4.53. The molecule has 0 radical (unpaired) electrons. The molecule has 0 N–H and O–H groups in total. The number of alkyl halides is 1. The lowest BCUT2D eigenvalue weighted by molar-refractivity contribution is 0.590. The minimum atomic E-state index is -0.660. The summed E-state index contributed by atoms with van der Waals surface area (Å²) in [6.07, 6.45) is 0. The van der Waals surface area contributed by atoms with E-state index < -0.39 is 11.6 Å². The third-order valence-electron chi connectivity index (χ3n) is 2.12. The summed E-state index contributed by atoms with van der Waals surface area (Å²) in [5.74, 6) is -0.580.